The van der Waals surface area contributed by atoms with Crippen molar-refractivity contribution in [3.63, 3.8) is 0 Å². The number of rotatable bonds is 6. The van der Waals surface area contributed by atoms with Crippen LogP contribution in [0.15, 0.2) is 6.07 Å². The second-order valence-corrected chi connectivity index (χ2v) is 4.60. The lowest BCUT2D eigenvalue weighted by molar-refractivity contribution is -0.122. The van der Waals surface area contributed by atoms with Gasteiger partial charge in [-0.05, 0) is 13.0 Å². The Morgan fingerprint density at radius 1 is 1.40 bits per heavy atom. The Bertz CT molecular complexity index is 499. The van der Waals surface area contributed by atoms with Crippen LogP contribution in [0, 0.1) is 0 Å². The summed E-state index contributed by atoms with van der Waals surface area (Å²) in [6, 6.07) is 0.546. The van der Waals surface area contributed by atoms with Gasteiger partial charge in [-0.3, -0.25) is 9.59 Å². The Morgan fingerprint density at radius 3 is 2.75 bits per heavy atom. The second kappa shape index (κ2) is 7.98. The van der Waals surface area contributed by atoms with E-state index in [1.165, 1.54) is 13.2 Å². The molecule has 1 aromatic heterocycles. The van der Waals surface area contributed by atoms with Gasteiger partial charge in [-0.15, -0.1) is 10.2 Å². The number of hydrogen-bond donors (Lipinski definition) is 2. The zero-order valence-electron chi connectivity index (χ0n) is 10.9. The summed E-state index contributed by atoms with van der Waals surface area (Å²) in [5.74, 6) is -0.888. The maximum atomic E-state index is 11.9. The van der Waals surface area contributed by atoms with Gasteiger partial charge in [-0.1, -0.05) is 23.2 Å². The van der Waals surface area contributed by atoms with E-state index in [-0.39, 0.29) is 21.8 Å². The lowest BCUT2D eigenvalue weighted by atomic mass is 10.2. The fraction of sp³-hybridized carbons (Fsp3) is 0.455. The van der Waals surface area contributed by atoms with Crippen molar-refractivity contribution in [1.29, 1.82) is 0 Å². The standard InChI is InChI=1S/C11H14Cl2N4O3/c1-6(10(18)14-3-4-20-2)15-11(19)7-5-8(12)16-17-9(7)13/h5-6H,3-4H2,1-2H3,(H,14,18)(H,15,19). The van der Waals surface area contributed by atoms with Gasteiger partial charge in [0.15, 0.2) is 10.3 Å². The molecule has 1 rings (SSSR count). The quantitative estimate of drug-likeness (QED) is 0.751. The molecule has 7 nitrogen and oxygen atoms in total. The largest absolute Gasteiger partial charge is 0.383 e. The number of amides is 2. The van der Waals surface area contributed by atoms with Gasteiger partial charge >= 0.3 is 0 Å². The van der Waals surface area contributed by atoms with Crippen molar-refractivity contribution in [2.45, 2.75) is 13.0 Å². The van der Waals surface area contributed by atoms with Crippen LogP contribution in [-0.2, 0) is 9.53 Å². The van der Waals surface area contributed by atoms with Gasteiger partial charge in [0, 0.05) is 13.7 Å². The first-order chi connectivity index (χ1) is 9.45. The molecule has 0 aliphatic heterocycles. The van der Waals surface area contributed by atoms with Crippen LogP contribution >= 0.6 is 23.2 Å². The van der Waals surface area contributed by atoms with Crippen LogP contribution in [-0.4, -0.2) is 48.3 Å². The van der Waals surface area contributed by atoms with Crippen LogP contribution < -0.4 is 10.6 Å². The highest BCUT2D eigenvalue weighted by Crippen LogP contribution is 2.15. The summed E-state index contributed by atoms with van der Waals surface area (Å²) in [6.45, 7) is 2.30. The Hall–Kier alpha value is -1.44. The molecule has 1 aromatic rings. The molecule has 1 heterocycles. The smallest absolute Gasteiger partial charge is 0.255 e. The molecule has 1 atom stereocenters. The maximum absolute atomic E-state index is 11.9. The minimum Gasteiger partial charge on any atom is -0.383 e. The summed E-state index contributed by atoms with van der Waals surface area (Å²) >= 11 is 11.4. The highest BCUT2D eigenvalue weighted by molar-refractivity contribution is 6.34. The zero-order valence-corrected chi connectivity index (χ0v) is 12.5. The van der Waals surface area contributed by atoms with E-state index in [9.17, 15) is 9.59 Å². The molecule has 2 N–H and O–H groups in total. The van der Waals surface area contributed by atoms with Gasteiger partial charge in [0.25, 0.3) is 5.91 Å². The van der Waals surface area contributed by atoms with Crippen molar-refractivity contribution in [3.05, 3.63) is 21.9 Å². The van der Waals surface area contributed by atoms with Gasteiger partial charge in [0.2, 0.25) is 5.91 Å². The van der Waals surface area contributed by atoms with E-state index < -0.39 is 11.9 Å². The number of ether oxygens (including phenoxy) is 1. The van der Waals surface area contributed by atoms with Crippen LogP contribution in [0.2, 0.25) is 10.3 Å². The number of nitrogens with one attached hydrogen (secondary N) is 2. The van der Waals surface area contributed by atoms with E-state index >= 15 is 0 Å². The summed E-state index contributed by atoms with van der Waals surface area (Å²) in [5, 5.41) is 12.1. The highest BCUT2D eigenvalue weighted by Gasteiger charge is 2.19. The van der Waals surface area contributed by atoms with Gasteiger partial charge in [-0.2, -0.15) is 0 Å². The Morgan fingerprint density at radius 2 is 2.10 bits per heavy atom. The Balaban J connectivity index is 2.61. The molecule has 2 amide bonds. The zero-order chi connectivity index (χ0) is 15.1. The van der Waals surface area contributed by atoms with Crippen LogP contribution in [0.1, 0.15) is 17.3 Å². The summed E-state index contributed by atoms with van der Waals surface area (Å²) in [4.78, 5) is 23.6. The predicted molar refractivity (Wildman–Crippen MR) is 73.9 cm³/mol. The molecule has 9 heteroatoms. The highest BCUT2D eigenvalue weighted by atomic mass is 35.5. The summed E-state index contributed by atoms with van der Waals surface area (Å²) in [5.41, 5.74) is 0.0585. The number of halogens is 2. The average molecular weight is 321 g/mol. The lowest BCUT2D eigenvalue weighted by Crippen LogP contribution is -2.45. The molecule has 0 radical (unpaired) electrons. The molecule has 0 spiro atoms. The van der Waals surface area contributed by atoms with Crippen LogP contribution in [0.5, 0.6) is 0 Å². The molecular weight excluding hydrogens is 307 g/mol. The average Bonchev–Trinajstić information content (AvgIpc) is 2.41. The van der Waals surface area contributed by atoms with E-state index in [1.54, 1.807) is 6.92 Å². The number of carbonyl (C=O) groups is 2. The maximum Gasteiger partial charge on any atom is 0.255 e. The predicted octanol–water partition coefficient (Wildman–Crippen LogP) is 0.664. The van der Waals surface area contributed by atoms with E-state index in [4.69, 9.17) is 27.9 Å². The van der Waals surface area contributed by atoms with E-state index in [0.717, 1.165) is 0 Å². The molecule has 110 valence electrons. The third-order valence-corrected chi connectivity index (χ3v) is 2.77. The molecule has 0 fully saturated rings. The fourth-order valence-corrected chi connectivity index (χ4v) is 1.61. The second-order valence-electron chi connectivity index (χ2n) is 3.85. The van der Waals surface area contributed by atoms with Crippen molar-refractivity contribution in [3.8, 4) is 0 Å². The monoisotopic (exact) mass is 320 g/mol. The molecule has 0 aromatic carbocycles. The number of aromatic nitrogens is 2. The van der Waals surface area contributed by atoms with Crippen LogP contribution in [0.4, 0.5) is 0 Å². The van der Waals surface area contributed by atoms with Crippen LogP contribution in [0.3, 0.4) is 0 Å². The van der Waals surface area contributed by atoms with Crippen molar-refractivity contribution in [2.24, 2.45) is 0 Å². The first-order valence-electron chi connectivity index (χ1n) is 5.72. The molecule has 0 saturated heterocycles. The normalized spacial score (nSPS) is 11.8. The number of methoxy groups -OCH3 is 1. The Kier molecular flexibility index (Phi) is 6.63. The fourth-order valence-electron chi connectivity index (χ4n) is 1.28. The number of nitrogens with zero attached hydrogens (tertiary/aromatic N) is 2. The van der Waals surface area contributed by atoms with Gasteiger partial charge < -0.3 is 15.4 Å². The lowest BCUT2D eigenvalue weighted by Gasteiger charge is -2.14. The van der Waals surface area contributed by atoms with Crippen LogP contribution in [0.25, 0.3) is 0 Å². The minimum atomic E-state index is -0.734. The van der Waals surface area contributed by atoms with Crippen molar-refractivity contribution in [1.82, 2.24) is 20.8 Å². The molecular formula is C11H14Cl2N4O3. The topological polar surface area (TPSA) is 93.2 Å². The molecule has 1 unspecified atom stereocenters. The summed E-state index contributed by atoms with van der Waals surface area (Å²) < 4.78 is 4.80. The third-order valence-electron chi connectivity index (χ3n) is 2.31. The number of carbonyl (C=O) groups excluding carboxylic acids is 2. The first-order valence-corrected chi connectivity index (χ1v) is 6.47. The molecule has 0 aliphatic rings. The van der Waals surface area contributed by atoms with E-state index in [0.29, 0.717) is 13.2 Å². The van der Waals surface area contributed by atoms with Crippen molar-refractivity contribution < 1.29 is 14.3 Å². The van der Waals surface area contributed by atoms with Gasteiger partial charge in [-0.25, -0.2) is 0 Å². The van der Waals surface area contributed by atoms with Crippen molar-refractivity contribution >= 4 is 35.0 Å². The Labute approximate surface area is 126 Å². The number of hydrogen-bond acceptors (Lipinski definition) is 5. The van der Waals surface area contributed by atoms with E-state index in [2.05, 4.69) is 20.8 Å². The molecule has 20 heavy (non-hydrogen) atoms. The summed E-state index contributed by atoms with van der Waals surface area (Å²) in [6.07, 6.45) is 0. The van der Waals surface area contributed by atoms with Gasteiger partial charge in [0.05, 0.1) is 12.2 Å². The SMILES string of the molecule is COCCNC(=O)C(C)NC(=O)c1cc(Cl)nnc1Cl. The minimum absolute atomic E-state index is 0.0387. The van der Waals surface area contributed by atoms with Crippen molar-refractivity contribution in [2.75, 3.05) is 20.3 Å². The molecule has 0 bridgehead atoms. The van der Waals surface area contributed by atoms with E-state index in [1.807, 2.05) is 0 Å². The summed E-state index contributed by atoms with van der Waals surface area (Å²) in [7, 11) is 1.53. The first kappa shape index (κ1) is 16.6. The third kappa shape index (κ3) is 4.92. The van der Waals surface area contributed by atoms with Gasteiger partial charge in [0.1, 0.15) is 6.04 Å². The molecule has 0 saturated carbocycles. The molecule has 0 aliphatic carbocycles.